The van der Waals surface area contributed by atoms with E-state index >= 15 is 0 Å². The van der Waals surface area contributed by atoms with E-state index in [-0.39, 0.29) is 0 Å². The summed E-state index contributed by atoms with van der Waals surface area (Å²) < 4.78 is 5.01. The van der Waals surface area contributed by atoms with Crippen molar-refractivity contribution in [3.8, 4) is 67.5 Å². The molecular weight excluding hydrogens is 719 g/mol. The maximum atomic E-state index is 5.19. The lowest BCUT2D eigenvalue weighted by molar-refractivity contribution is 1.08. The molecule has 0 saturated heterocycles. The maximum Gasteiger partial charge on any atom is 0.165 e. The highest BCUT2D eigenvalue weighted by Gasteiger charge is 2.19. The third kappa shape index (κ3) is 5.68. The molecule has 0 atom stereocenters. The van der Waals surface area contributed by atoms with Crippen molar-refractivity contribution in [2.24, 2.45) is 0 Å². The zero-order chi connectivity index (χ0) is 37.0. The van der Waals surface area contributed by atoms with E-state index in [0.717, 1.165) is 27.8 Å². The summed E-state index contributed by atoms with van der Waals surface area (Å²) >= 11 is 3.67. The van der Waals surface area contributed by atoms with Crippen LogP contribution in [0.15, 0.2) is 188 Å². The molecule has 3 nitrogen and oxygen atoms in total. The Morgan fingerprint density at radius 1 is 0.286 bits per heavy atom. The van der Waals surface area contributed by atoms with Gasteiger partial charge in [0.15, 0.2) is 17.5 Å². The Hall–Kier alpha value is -6.79. The summed E-state index contributed by atoms with van der Waals surface area (Å²) in [5, 5.41) is 5.07. The first-order valence-corrected chi connectivity index (χ1v) is 20.3. The number of fused-ring (bicyclic) bond motifs is 6. The van der Waals surface area contributed by atoms with Gasteiger partial charge in [-0.15, -0.1) is 22.7 Å². The van der Waals surface area contributed by atoms with Crippen LogP contribution in [0.3, 0.4) is 0 Å². The van der Waals surface area contributed by atoms with Gasteiger partial charge in [-0.05, 0) is 69.8 Å². The fraction of sp³-hybridized carbons (Fsp3) is 0. The molecule has 0 N–H and O–H groups in total. The lowest BCUT2D eigenvalue weighted by Crippen LogP contribution is -2.00. The molecule has 0 fully saturated rings. The van der Waals surface area contributed by atoms with Gasteiger partial charge in [-0.3, -0.25) is 0 Å². The highest BCUT2D eigenvalue weighted by molar-refractivity contribution is 7.26. The molecule has 0 aliphatic rings. The average Bonchev–Trinajstić information content (AvgIpc) is 3.85. The minimum atomic E-state index is 0.651. The second-order valence-electron chi connectivity index (χ2n) is 14.0. The van der Waals surface area contributed by atoms with Crippen molar-refractivity contribution in [2.75, 3.05) is 0 Å². The normalized spacial score (nSPS) is 11.6. The summed E-state index contributed by atoms with van der Waals surface area (Å²) in [5.41, 5.74) is 10.1. The molecule has 0 bridgehead atoms. The molecule has 56 heavy (non-hydrogen) atoms. The predicted octanol–water partition coefficient (Wildman–Crippen LogP) is 14.6. The Kier molecular flexibility index (Phi) is 7.87. The van der Waals surface area contributed by atoms with Crippen LogP contribution >= 0.6 is 22.7 Å². The van der Waals surface area contributed by atoms with Crippen molar-refractivity contribution in [2.45, 2.75) is 0 Å². The summed E-state index contributed by atoms with van der Waals surface area (Å²) in [6, 6.07) is 66.8. The fourth-order valence-corrected chi connectivity index (χ4v) is 10.3. The van der Waals surface area contributed by atoms with Crippen LogP contribution in [0.4, 0.5) is 0 Å². The quantitative estimate of drug-likeness (QED) is 0.170. The van der Waals surface area contributed by atoms with Gasteiger partial charge in [-0.25, -0.2) is 15.0 Å². The van der Waals surface area contributed by atoms with E-state index in [4.69, 9.17) is 15.0 Å². The van der Waals surface area contributed by atoms with Gasteiger partial charge in [0, 0.05) is 57.0 Å². The van der Waals surface area contributed by atoms with Gasteiger partial charge in [0.1, 0.15) is 0 Å². The van der Waals surface area contributed by atoms with E-state index in [9.17, 15) is 0 Å². The molecule has 262 valence electrons. The second-order valence-corrected chi connectivity index (χ2v) is 16.1. The lowest BCUT2D eigenvalue weighted by Gasteiger charge is -2.10. The molecule has 0 aliphatic heterocycles. The molecule has 0 radical (unpaired) electrons. The minimum Gasteiger partial charge on any atom is -0.208 e. The highest BCUT2D eigenvalue weighted by atomic mass is 32.1. The smallest absolute Gasteiger partial charge is 0.165 e. The van der Waals surface area contributed by atoms with Gasteiger partial charge >= 0.3 is 0 Å². The van der Waals surface area contributed by atoms with Crippen LogP contribution in [0.1, 0.15) is 0 Å². The topological polar surface area (TPSA) is 38.7 Å². The van der Waals surface area contributed by atoms with Gasteiger partial charge in [-0.2, -0.15) is 0 Å². The summed E-state index contributed by atoms with van der Waals surface area (Å²) in [6.07, 6.45) is 0. The summed E-state index contributed by atoms with van der Waals surface area (Å²) in [6.45, 7) is 0. The molecule has 0 saturated carbocycles. The van der Waals surface area contributed by atoms with E-state index in [1.54, 1.807) is 11.3 Å². The molecule has 0 amide bonds. The van der Waals surface area contributed by atoms with Gasteiger partial charge < -0.3 is 0 Å². The number of nitrogens with zero attached hydrogens (tertiary/aromatic N) is 3. The third-order valence-corrected chi connectivity index (χ3v) is 12.9. The van der Waals surface area contributed by atoms with Crippen LogP contribution in [-0.4, -0.2) is 15.0 Å². The monoisotopic (exact) mass is 749 g/mol. The largest absolute Gasteiger partial charge is 0.208 e. The molecule has 0 spiro atoms. The first kappa shape index (κ1) is 32.6. The van der Waals surface area contributed by atoms with Crippen molar-refractivity contribution in [1.29, 1.82) is 0 Å². The molecule has 0 aliphatic carbocycles. The van der Waals surface area contributed by atoms with E-state index in [2.05, 4.69) is 164 Å². The van der Waals surface area contributed by atoms with E-state index < -0.39 is 0 Å². The van der Waals surface area contributed by atoms with Crippen molar-refractivity contribution < 1.29 is 0 Å². The molecule has 0 unspecified atom stereocenters. The molecule has 3 aromatic heterocycles. The number of hydrogen-bond acceptors (Lipinski definition) is 5. The number of hydrogen-bond donors (Lipinski definition) is 0. The zero-order valence-corrected chi connectivity index (χ0v) is 31.7. The van der Waals surface area contributed by atoms with Crippen LogP contribution in [0.25, 0.3) is 108 Å². The van der Waals surface area contributed by atoms with E-state index in [1.165, 1.54) is 62.6 Å². The van der Waals surface area contributed by atoms with Gasteiger partial charge in [0.2, 0.25) is 0 Å². The first-order chi connectivity index (χ1) is 27.7. The first-order valence-electron chi connectivity index (χ1n) is 18.7. The minimum absolute atomic E-state index is 0.651. The average molecular weight is 750 g/mol. The van der Waals surface area contributed by atoms with E-state index in [1.807, 2.05) is 35.6 Å². The van der Waals surface area contributed by atoms with Crippen LogP contribution in [0.2, 0.25) is 0 Å². The molecule has 11 rings (SSSR count). The van der Waals surface area contributed by atoms with E-state index in [0.29, 0.717) is 17.5 Å². The number of rotatable bonds is 6. The SMILES string of the molecule is c1ccc(-c2cccc(-c3nc(-c4ccccc4)nc(-c4cccc5c4sc4cc(-c6cc(-c7ccccc7)c7c(c6)sc6ccccc67)ccc45)n3)c2)cc1. The molecule has 5 heteroatoms. The third-order valence-electron chi connectivity index (χ3n) is 10.5. The van der Waals surface area contributed by atoms with Crippen LogP contribution in [-0.2, 0) is 0 Å². The van der Waals surface area contributed by atoms with Gasteiger partial charge in [-0.1, -0.05) is 152 Å². The van der Waals surface area contributed by atoms with Crippen molar-refractivity contribution in [3.05, 3.63) is 188 Å². The van der Waals surface area contributed by atoms with Crippen LogP contribution in [0.5, 0.6) is 0 Å². The van der Waals surface area contributed by atoms with Crippen molar-refractivity contribution in [1.82, 2.24) is 15.0 Å². The Balaban J connectivity index is 1.07. The Labute approximate surface area is 331 Å². The standard InChI is InChI=1S/C51H31N3S2/c1-4-14-32(15-5-1)35-20-12-21-37(28-35)50-52-49(34-18-8-3-9-19-34)53-51(54-50)42-24-13-23-40-39-27-26-36(30-45(39)56-48(40)42)38-29-43(33-16-6-2-7-17-33)47-41-22-10-11-25-44(41)55-46(47)31-38/h1-31H. The van der Waals surface area contributed by atoms with Crippen molar-refractivity contribution >= 4 is 63.0 Å². The molecular formula is C51H31N3S2. The van der Waals surface area contributed by atoms with Gasteiger partial charge in [0.25, 0.3) is 0 Å². The summed E-state index contributed by atoms with van der Waals surface area (Å²) in [5.74, 6) is 1.97. The summed E-state index contributed by atoms with van der Waals surface area (Å²) in [7, 11) is 0. The molecule has 8 aromatic carbocycles. The Morgan fingerprint density at radius 2 is 0.875 bits per heavy atom. The maximum absolute atomic E-state index is 5.19. The number of benzene rings is 8. The number of thiophene rings is 2. The Bertz CT molecular complexity index is 3240. The fourth-order valence-electron chi connectivity index (χ4n) is 7.83. The van der Waals surface area contributed by atoms with Crippen molar-refractivity contribution in [3.63, 3.8) is 0 Å². The summed E-state index contributed by atoms with van der Waals surface area (Å²) in [4.78, 5) is 15.4. The second kappa shape index (κ2) is 13.5. The Morgan fingerprint density at radius 3 is 1.68 bits per heavy atom. The molecule has 3 heterocycles. The molecule has 11 aromatic rings. The lowest BCUT2D eigenvalue weighted by atomic mass is 9.94. The highest BCUT2D eigenvalue weighted by Crippen LogP contribution is 2.45. The van der Waals surface area contributed by atoms with Gasteiger partial charge in [0.05, 0.1) is 0 Å². The zero-order valence-electron chi connectivity index (χ0n) is 30.1. The predicted molar refractivity (Wildman–Crippen MR) is 238 cm³/mol. The number of aromatic nitrogens is 3. The van der Waals surface area contributed by atoms with Crippen LogP contribution < -0.4 is 0 Å². The van der Waals surface area contributed by atoms with Crippen LogP contribution in [0, 0.1) is 0 Å².